The standard InChI is InChI=1S/C17H30N4/c1-19-16(12-14-13-20-11-8-15(14)18)17(21(2)3)9-6-4-5-7-10-17/h8,11,13,16,19H,4-7,9-10,12H2,1-3H3,(H2,18,20). The van der Waals surface area contributed by atoms with Gasteiger partial charge in [0.15, 0.2) is 0 Å². The van der Waals surface area contributed by atoms with E-state index in [0.717, 1.165) is 17.7 Å². The molecule has 1 aliphatic carbocycles. The van der Waals surface area contributed by atoms with Crippen LogP contribution in [0.15, 0.2) is 18.5 Å². The van der Waals surface area contributed by atoms with Crippen LogP contribution in [0, 0.1) is 0 Å². The second-order valence-electron chi connectivity index (χ2n) is 6.53. The minimum absolute atomic E-state index is 0.216. The molecule has 0 aromatic carbocycles. The highest BCUT2D eigenvalue weighted by molar-refractivity contribution is 5.45. The van der Waals surface area contributed by atoms with Gasteiger partial charge in [-0.25, -0.2) is 0 Å². The van der Waals surface area contributed by atoms with Gasteiger partial charge in [-0.15, -0.1) is 0 Å². The molecule has 0 aliphatic heterocycles. The van der Waals surface area contributed by atoms with Gasteiger partial charge in [-0.3, -0.25) is 4.98 Å². The molecule has 0 amide bonds. The third kappa shape index (κ3) is 3.55. The lowest BCUT2D eigenvalue weighted by Crippen LogP contribution is -2.59. The average molecular weight is 290 g/mol. The second-order valence-corrected chi connectivity index (χ2v) is 6.53. The highest BCUT2D eigenvalue weighted by Crippen LogP contribution is 2.35. The topological polar surface area (TPSA) is 54.2 Å². The van der Waals surface area contributed by atoms with Crippen LogP contribution in [0.3, 0.4) is 0 Å². The first kappa shape index (κ1) is 16.2. The number of hydrogen-bond donors (Lipinski definition) is 2. The van der Waals surface area contributed by atoms with Gasteiger partial charge in [-0.2, -0.15) is 0 Å². The molecule has 4 heteroatoms. The van der Waals surface area contributed by atoms with Crippen LogP contribution in [0.5, 0.6) is 0 Å². The molecule has 1 heterocycles. The van der Waals surface area contributed by atoms with E-state index in [1.165, 1.54) is 38.5 Å². The molecule has 1 saturated carbocycles. The van der Waals surface area contributed by atoms with Gasteiger partial charge in [0.05, 0.1) is 0 Å². The summed E-state index contributed by atoms with van der Waals surface area (Å²) in [6.07, 6.45) is 12.5. The van der Waals surface area contributed by atoms with Crippen LogP contribution in [0.2, 0.25) is 0 Å². The highest BCUT2D eigenvalue weighted by atomic mass is 15.2. The average Bonchev–Trinajstić information content (AvgIpc) is 2.73. The van der Waals surface area contributed by atoms with E-state index in [0.29, 0.717) is 6.04 Å². The summed E-state index contributed by atoms with van der Waals surface area (Å²) in [5.41, 5.74) is 8.35. The van der Waals surface area contributed by atoms with Crippen molar-refractivity contribution in [2.24, 2.45) is 0 Å². The van der Waals surface area contributed by atoms with Gasteiger partial charge >= 0.3 is 0 Å². The molecule has 0 saturated heterocycles. The Morgan fingerprint density at radius 1 is 1.29 bits per heavy atom. The number of pyridine rings is 1. The molecule has 2 rings (SSSR count). The summed E-state index contributed by atoms with van der Waals surface area (Å²) in [5.74, 6) is 0. The van der Waals surface area contributed by atoms with E-state index >= 15 is 0 Å². The lowest BCUT2D eigenvalue weighted by atomic mass is 9.78. The highest BCUT2D eigenvalue weighted by Gasteiger charge is 2.40. The van der Waals surface area contributed by atoms with E-state index in [-0.39, 0.29) is 5.54 Å². The van der Waals surface area contributed by atoms with Gasteiger partial charge in [0.2, 0.25) is 0 Å². The summed E-state index contributed by atoms with van der Waals surface area (Å²) in [4.78, 5) is 6.68. The lowest BCUT2D eigenvalue weighted by molar-refractivity contribution is 0.0836. The number of rotatable bonds is 5. The molecule has 0 bridgehead atoms. The van der Waals surface area contributed by atoms with Crippen LogP contribution in [-0.4, -0.2) is 42.6 Å². The molecule has 1 aromatic heterocycles. The van der Waals surface area contributed by atoms with E-state index in [1.807, 2.05) is 12.3 Å². The van der Waals surface area contributed by atoms with Crippen molar-refractivity contribution in [1.82, 2.24) is 15.2 Å². The summed E-state index contributed by atoms with van der Waals surface area (Å²) in [7, 11) is 6.53. The lowest BCUT2D eigenvalue weighted by Gasteiger charge is -2.46. The van der Waals surface area contributed by atoms with Crippen LogP contribution in [0.4, 0.5) is 5.69 Å². The maximum atomic E-state index is 6.12. The zero-order valence-electron chi connectivity index (χ0n) is 13.7. The summed E-state index contributed by atoms with van der Waals surface area (Å²) < 4.78 is 0. The number of nitrogens with two attached hydrogens (primary N) is 1. The van der Waals surface area contributed by atoms with Gasteiger partial charge in [-0.1, -0.05) is 25.7 Å². The predicted molar refractivity (Wildman–Crippen MR) is 89.3 cm³/mol. The van der Waals surface area contributed by atoms with E-state index in [4.69, 9.17) is 5.73 Å². The fraction of sp³-hybridized carbons (Fsp3) is 0.706. The van der Waals surface area contributed by atoms with Crippen molar-refractivity contribution in [2.45, 2.75) is 56.5 Å². The van der Waals surface area contributed by atoms with Crippen LogP contribution in [0.25, 0.3) is 0 Å². The van der Waals surface area contributed by atoms with E-state index in [1.54, 1.807) is 6.20 Å². The largest absolute Gasteiger partial charge is 0.398 e. The number of nitrogens with zero attached hydrogens (tertiary/aromatic N) is 2. The molecule has 1 atom stereocenters. The van der Waals surface area contributed by atoms with E-state index in [2.05, 4.69) is 36.3 Å². The normalized spacial score (nSPS) is 20.2. The van der Waals surface area contributed by atoms with Gasteiger partial charge in [-0.05, 0) is 52.0 Å². The van der Waals surface area contributed by atoms with E-state index in [9.17, 15) is 0 Å². The summed E-state index contributed by atoms with van der Waals surface area (Å²) >= 11 is 0. The number of nitrogen functional groups attached to an aromatic ring is 1. The first-order valence-electron chi connectivity index (χ1n) is 8.13. The van der Waals surface area contributed by atoms with Crippen molar-refractivity contribution in [3.8, 4) is 0 Å². The summed E-state index contributed by atoms with van der Waals surface area (Å²) in [5, 5.41) is 3.57. The Morgan fingerprint density at radius 2 is 1.95 bits per heavy atom. The smallest absolute Gasteiger partial charge is 0.0378 e. The maximum absolute atomic E-state index is 6.12. The van der Waals surface area contributed by atoms with Crippen molar-refractivity contribution >= 4 is 5.69 Å². The van der Waals surface area contributed by atoms with Gasteiger partial charge < -0.3 is 16.0 Å². The minimum Gasteiger partial charge on any atom is -0.398 e. The Labute approximate surface area is 129 Å². The zero-order chi connectivity index (χ0) is 15.3. The fourth-order valence-corrected chi connectivity index (χ4v) is 3.84. The van der Waals surface area contributed by atoms with E-state index < -0.39 is 0 Å². The molecule has 1 aromatic rings. The zero-order valence-corrected chi connectivity index (χ0v) is 13.7. The number of nitrogens with one attached hydrogen (secondary N) is 1. The second kappa shape index (κ2) is 7.23. The Balaban J connectivity index is 2.25. The van der Waals surface area contributed by atoms with Crippen molar-refractivity contribution in [3.05, 3.63) is 24.0 Å². The van der Waals surface area contributed by atoms with Crippen molar-refractivity contribution in [1.29, 1.82) is 0 Å². The molecule has 3 N–H and O–H groups in total. The molecular weight excluding hydrogens is 260 g/mol. The molecule has 118 valence electrons. The molecule has 0 radical (unpaired) electrons. The molecule has 1 unspecified atom stereocenters. The monoisotopic (exact) mass is 290 g/mol. The Morgan fingerprint density at radius 3 is 2.48 bits per heavy atom. The van der Waals surface area contributed by atoms with Crippen molar-refractivity contribution < 1.29 is 0 Å². The summed E-state index contributed by atoms with van der Waals surface area (Å²) in [6, 6.07) is 2.30. The van der Waals surface area contributed by atoms with Gasteiger partial charge in [0.25, 0.3) is 0 Å². The Kier molecular flexibility index (Phi) is 5.59. The third-order valence-corrected chi connectivity index (χ3v) is 5.22. The molecule has 0 spiro atoms. The third-order valence-electron chi connectivity index (χ3n) is 5.22. The summed E-state index contributed by atoms with van der Waals surface area (Å²) in [6.45, 7) is 0. The van der Waals surface area contributed by atoms with Crippen LogP contribution in [0.1, 0.15) is 44.1 Å². The fourth-order valence-electron chi connectivity index (χ4n) is 3.84. The number of likely N-dealkylation sites (N-methyl/N-ethyl adjacent to an activating group) is 2. The number of anilines is 1. The number of aromatic nitrogens is 1. The van der Waals surface area contributed by atoms with Crippen molar-refractivity contribution in [3.63, 3.8) is 0 Å². The SMILES string of the molecule is CNC(Cc1cnccc1N)C1(N(C)C)CCCCCC1. The molecular formula is C17H30N4. The first-order valence-corrected chi connectivity index (χ1v) is 8.13. The number of hydrogen-bond acceptors (Lipinski definition) is 4. The molecule has 1 fully saturated rings. The Bertz CT molecular complexity index is 436. The quantitative estimate of drug-likeness (QED) is 0.818. The van der Waals surface area contributed by atoms with Gasteiger partial charge in [0, 0.05) is 29.7 Å². The predicted octanol–water partition coefficient (Wildman–Crippen LogP) is 2.45. The Hall–Kier alpha value is -1.13. The minimum atomic E-state index is 0.216. The first-order chi connectivity index (χ1) is 10.1. The molecule has 21 heavy (non-hydrogen) atoms. The van der Waals surface area contributed by atoms with Crippen molar-refractivity contribution in [2.75, 3.05) is 26.9 Å². The van der Waals surface area contributed by atoms with Crippen LogP contribution < -0.4 is 11.1 Å². The molecule has 1 aliphatic rings. The van der Waals surface area contributed by atoms with Gasteiger partial charge in [0.1, 0.15) is 0 Å². The van der Waals surface area contributed by atoms with Crippen LogP contribution in [-0.2, 0) is 6.42 Å². The van der Waals surface area contributed by atoms with Crippen LogP contribution >= 0.6 is 0 Å². The molecule has 4 nitrogen and oxygen atoms in total. The maximum Gasteiger partial charge on any atom is 0.0378 e.